The lowest BCUT2D eigenvalue weighted by molar-refractivity contribution is -0.137. The number of anilines is 3. The smallest absolute Gasteiger partial charge is 0.378 e. The highest BCUT2D eigenvalue weighted by atomic mass is 19.4. The molecule has 0 aliphatic carbocycles. The van der Waals surface area contributed by atoms with Crippen LogP contribution >= 0.6 is 0 Å². The number of nitrogens with zero attached hydrogens (tertiary/aromatic N) is 4. The summed E-state index contributed by atoms with van der Waals surface area (Å²) in [6.45, 7) is 1.99. The van der Waals surface area contributed by atoms with Crippen molar-refractivity contribution >= 4 is 17.3 Å². The van der Waals surface area contributed by atoms with E-state index in [0.717, 1.165) is 39.1 Å². The van der Waals surface area contributed by atoms with Crippen LogP contribution in [0.4, 0.5) is 30.5 Å². The SMILES string of the molecule is Cc1ccc(Cn2c(=O)nc(Nc3cccc(C(F)(F)F)c3)n(Cc3ccc(N(C)C)cc3)c2=O)cc1. The molecule has 0 saturated carbocycles. The van der Waals surface area contributed by atoms with Crippen molar-refractivity contribution in [2.24, 2.45) is 0 Å². The zero-order valence-electron chi connectivity index (χ0n) is 20.6. The Morgan fingerprint density at radius 3 is 2.05 bits per heavy atom. The van der Waals surface area contributed by atoms with E-state index in [9.17, 15) is 22.8 Å². The molecule has 192 valence electrons. The Kier molecular flexibility index (Phi) is 7.19. The third kappa shape index (κ3) is 6.08. The summed E-state index contributed by atoms with van der Waals surface area (Å²) in [7, 11) is 3.81. The van der Waals surface area contributed by atoms with Gasteiger partial charge in [0.05, 0.1) is 18.7 Å². The van der Waals surface area contributed by atoms with E-state index in [1.165, 1.54) is 16.7 Å². The topological polar surface area (TPSA) is 72.2 Å². The van der Waals surface area contributed by atoms with Gasteiger partial charge >= 0.3 is 17.6 Å². The Morgan fingerprint density at radius 2 is 1.46 bits per heavy atom. The van der Waals surface area contributed by atoms with Gasteiger partial charge in [-0.25, -0.2) is 14.2 Å². The van der Waals surface area contributed by atoms with Gasteiger partial charge in [0.25, 0.3) is 0 Å². The van der Waals surface area contributed by atoms with Crippen LogP contribution in [0.2, 0.25) is 0 Å². The lowest BCUT2D eigenvalue weighted by Gasteiger charge is -2.17. The molecule has 0 fully saturated rings. The summed E-state index contributed by atoms with van der Waals surface area (Å²) in [5, 5.41) is 2.75. The standard InChI is InChI=1S/C27H26F3N5O2/c1-18-7-9-19(10-8-18)17-35-25(36)32-24(31-22-6-4-5-21(15-22)27(28,29)30)34(26(35)37)16-20-11-13-23(14-12-20)33(2)3/h4-15H,16-17H2,1-3H3,(H,31,32,36). The van der Waals surface area contributed by atoms with Crippen LogP contribution < -0.4 is 21.6 Å². The number of halogens is 3. The zero-order valence-corrected chi connectivity index (χ0v) is 20.6. The van der Waals surface area contributed by atoms with Crippen molar-refractivity contribution in [3.63, 3.8) is 0 Å². The van der Waals surface area contributed by atoms with Crippen LogP contribution in [0.5, 0.6) is 0 Å². The molecule has 4 rings (SSSR count). The van der Waals surface area contributed by atoms with Crippen molar-refractivity contribution in [1.29, 1.82) is 0 Å². The monoisotopic (exact) mass is 509 g/mol. The number of rotatable bonds is 7. The van der Waals surface area contributed by atoms with Crippen LogP contribution in [0, 0.1) is 6.92 Å². The van der Waals surface area contributed by atoms with Crippen molar-refractivity contribution in [1.82, 2.24) is 14.1 Å². The summed E-state index contributed by atoms with van der Waals surface area (Å²) in [4.78, 5) is 32.4. The second-order valence-corrected chi connectivity index (χ2v) is 8.92. The molecule has 0 spiro atoms. The first-order valence-electron chi connectivity index (χ1n) is 11.5. The van der Waals surface area contributed by atoms with Gasteiger partial charge in [0.2, 0.25) is 5.95 Å². The van der Waals surface area contributed by atoms with E-state index in [1.54, 1.807) is 0 Å². The summed E-state index contributed by atoms with van der Waals surface area (Å²) in [6, 6.07) is 19.3. The quantitative estimate of drug-likeness (QED) is 0.393. The molecule has 7 nitrogen and oxygen atoms in total. The van der Waals surface area contributed by atoms with Crippen LogP contribution in [0.1, 0.15) is 22.3 Å². The summed E-state index contributed by atoms with van der Waals surface area (Å²) in [5.41, 5.74) is 1.24. The van der Waals surface area contributed by atoms with E-state index in [1.807, 2.05) is 74.4 Å². The van der Waals surface area contributed by atoms with E-state index in [4.69, 9.17) is 0 Å². The van der Waals surface area contributed by atoms with Crippen molar-refractivity contribution in [3.8, 4) is 0 Å². The highest BCUT2D eigenvalue weighted by Gasteiger charge is 2.30. The second kappa shape index (κ2) is 10.3. The number of hydrogen-bond acceptors (Lipinski definition) is 5. The maximum Gasteiger partial charge on any atom is 0.416 e. The van der Waals surface area contributed by atoms with Gasteiger partial charge in [0, 0.05) is 25.5 Å². The Balaban J connectivity index is 1.78. The second-order valence-electron chi connectivity index (χ2n) is 8.92. The minimum absolute atomic E-state index is 0.00829. The average Bonchev–Trinajstić information content (AvgIpc) is 2.85. The number of alkyl halides is 3. The Bertz CT molecular complexity index is 1510. The van der Waals surface area contributed by atoms with E-state index in [2.05, 4.69) is 10.3 Å². The maximum atomic E-state index is 13.5. The molecular weight excluding hydrogens is 483 g/mol. The highest BCUT2D eigenvalue weighted by molar-refractivity contribution is 5.55. The summed E-state index contributed by atoms with van der Waals surface area (Å²) >= 11 is 0. The molecule has 10 heteroatoms. The molecular formula is C27H26F3N5O2. The van der Waals surface area contributed by atoms with Crippen molar-refractivity contribution in [2.75, 3.05) is 24.3 Å². The lowest BCUT2D eigenvalue weighted by Crippen LogP contribution is -2.43. The van der Waals surface area contributed by atoms with Crippen molar-refractivity contribution < 1.29 is 13.2 Å². The molecule has 0 unspecified atom stereocenters. The van der Waals surface area contributed by atoms with Crippen molar-refractivity contribution in [3.05, 3.63) is 116 Å². The molecule has 1 heterocycles. The van der Waals surface area contributed by atoms with E-state index in [0.29, 0.717) is 0 Å². The van der Waals surface area contributed by atoms with Crippen LogP contribution in [0.3, 0.4) is 0 Å². The molecule has 0 amide bonds. The molecule has 0 atom stereocenters. The molecule has 0 aliphatic rings. The largest absolute Gasteiger partial charge is 0.416 e. The predicted molar refractivity (Wildman–Crippen MR) is 138 cm³/mol. The first kappa shape index (κ1) is 25.7. The van der Waals surface area contributed by atoms with Gasteiger partial charge in [-0.05, 0) is 48.4 Å². The Labute approximate surface area is 211 Å². The fourth-order valence-electron chi connectivity index (χ4n) is 3.76. The molecule has 3 aromatic carbocycles. The average molecular weight is 510 g/mol. The maximum absolute atomic E-state index is 13.5. The van der Waals surface area contributed by atoms with Gasteiger partial charge in [-0.3, -0.25) is 4.57 Å². The number of hydrogen-bond donors (Lipinski definition) is 1. The molecule has 0 radical (unpaired) electrons. The fraction of sp³-hybridized carbons (Fsp3) is 0.222. The Morgan fingerprint density at radius 1 is 0.865 bits per heavy atom. The molecule has 4 aromatic rings. The molecule has 37 heavy (non-hydrogen) atoms. The first-order valence-corrected chi connectivity index (χ1v) is 11.5. The first-order chi connectivity index (χ1) is 17.5. The fourth-order valence-corrected chi connectivity index (χ4v) is 3.76. The van der Waals surface area contributed by atoms with Crippen molar-refractivity contribution in [2.45, 2.75) is 26.2 Å². The van der Waals surface area contributed by atoms with Gasteiger partial charge in [0.1, 0.15) is 0 Å². The van der Waals surface area contributed by atoms with Gasteiger partial charge in [-0.1, -0.05) is 48.0 Å². The van der Waals surface area contributed by atoms with Gasteiger partial charge in [0.15, 0.2) is 0 Å². The van der Waals surface area contributed by atoms with E-state index in [-0.39, 0.29) is 24.7 Å². The summed E-state index contributed by atoms with van der Waals surface area (Å²) < 4.78 is 41.9. The van der Waals surface area contributed by atoms with Gasteiger partial charge < -0.3 is 10.2 Å². The molecule has 1 N–H and O–H groups in total. The number of aryl methyl sites for hydroxylation is 1. The third-order valence-corrected chi connectivity index (χ3v) is 5.85. The molecule has 1 aromatic heterocycles. The van der Waals surface area contributed by atoms with Crippen LogP contribution in [-0.4, -0.2) is 28.2 Å². The lowest BCUT2D eigenvalue weighted by atomic mass is 10.1. The minimum Gasteiger partial charge on any atom is -0.378 e. The normalized spacial score (nSPS) is 11.4. The summed E-state index contributed by atoms with van der Waals surface area (Å²) in [6.07, 6.45) is -4.55. The predicted octanol–water partition coefficient (Wildman–Crippen LogP) is 4.64. The van der Waals surface area contributed by atoms with Crippen LogP contribution in [-0.2, 0) is 19.3 Å². The van der Waals surface area contributed by atoms with E-state index < -0.39 is 23.1 Å². The Hall–Kier alpha value is -4.34. The highest BCUT2D eigenvalue weighted by Crippen LogP contribution is 2.31. The third-order valence-electron chi connectivity index (χ3n) is 5.85. The van der Waals surface area contributed by atoms with Gasteiger partial charge in [-0.15, -0.1) is 0 Å². The molecule has 0 aliphatic heterocycles. The van der Waals surface area contributed by atoms with Crippen LogP contribution in [0.15, 0.2) is 82.4 Å². The number of nitrogens with one attached hydrogen (secondary N) is 1. The molecule has 0 bridgehead atoms. The molecule has 0 saturated heterocycles. The zero-order chi connectivity index (χ0) is 26.7. The van der Waals surface area contributed by atoms with E-state index >= 15 is 0 Å². The minimum atomic E-state index is -4.55. The summed E-state index contributed by atoms with van der Waals surface area (Å²) in [5.74, 6) is -0.147. The number of aromatic nitrogens is 3. The van der Waals surface area contributed by atoms with Gasteiger partial charge in [-0.2, -0.15) is 18.2 Å². The van der Waals surface area contributed by atoms with Crippen LogP contribution in [0.25, 0.3) is 0 Å². The number of benzene rings is 3.